The van der Waals surface area contributed by atoms with Gasteiger partial charge in [0, 0.05) is 20.3 Å². The van der Waals surface area contributed by atoms with Crippen LogP contribution >= 0.6 is 22.7 Å². The minimum atomic E-state index is 0.255. The molecule has 0 aliphatic carbocycles. The Labute approximate surface area is 129 Å². The van der Waals surface area contributed by atoms with E-state index in [4.69, 9.17) is 0 Å². The fraction of sp³-hybridized carbons (Fsp3) is 0.444. The smallest absolute Gasteiger partial charge is 0.0880 e. The van der Waals surface area contributed by atoms with E-state index < -0.39 is 0 Å². The number of benzene rings is 1. The third-order valence-corrected chi connectivity index (χ3v) is 6.45. The lowest BCUT2D eigenvalue weighted by Gasteiger charge is -2.15. The van der Waals surface area contributed by atoms with Gasteiger partial charge in [-0.3, -0.25) is 0 Å². The standard InChI is InChI=1S/C18H22S2/c1-11(2)8-12-6-7-15-13(9-12)14-10-16(18(3,4)5)20-17(14)19-15/h6-7,9-11H,8H2,1-5H3. The molecule has 3 aromatic rings. The van der Waals surface area contributed by atoms with Crippen molar-refractivity contribution in [1.82, 2.24) is 0 Å². The van der Waals surface area contributed by atoms with Gasteiger partial charge in [0.15, 0.2) is 0 Å². The van der Waals surface area contributed by atoms with Crippen molar-refractivity contribution < 1.29 is 0 Å². The minimum absolute atomic E-state index is 0.255. The predicted molar refractivity (Wildman–Crippen MR) is 94.5 cm³/mol. The second-order valence-electron chi connectivity index (χ2n) is 7.09. The fourth-order valence-electron chi connectivity index (χ4n) is 2.58. The number of hydrogen-bond acceptors (Lipinski definition) is 2. The first-order valence-electron chi connectivity index (χ1n) is 7.30. The molecule has 3 rings (SSSR count). The van der Waals surface area contributed by atoms with Crippen LogP contribution < -0.4 is 0 Å². The molecule has 0 saturated heterocycles. The van der Waals surface area contributed by atoms with Gasteiger partial charge in [0.25, 0.3) is 0 Å². The third-order valence-electron chi connectivity index (χ3n) is 3.62. The molecule has 0 unspecified atom stereocenters. The highest BCUT2D eigenvalue weighted by molar-refractivity contribution is 7.41. The van der Waals surface area contributed by atoms with Gasteiger partial charge >= 0.3 is 0 Å². The third kappa shape index (κ3) is 2.51. The first-order chi connectivity index (χ1) is 9.34. The molecule has 2 heteroatoms. The van der Waals surface area contributed by atoms with Gasteiger partial charge in [0.05, 0.1) is 4.01 Å². The molecule has 0 nitrogen and oxygen atoms in total. The Kier molecular flexibility index (Phi) is 3.42. The van der Waals surface area contributed by atoms with Crippen LogP contribution in [0.4, 0.5) is 0 Å². The summed E-state index contributed by atoms with van der Waals surface area (Å²) in [4.78, 5) is 1.50. The van der Waals surface area contributed by atoms with Crippen LogP contribution in [0.5, 0.6) is 0 Å². The summed E-state index contributed by atoms with van der Waals surface area (Å²) in [7, 11) is 0. The van der Waals surface area contributed by atoms with Crippen LogP contribution in [0.2, 0.25) is 0 Å². The van der Waals surface area contributed by atoms with Gasteiger partial charge in [-0.15, -0.1) is 22.7 Å². The zero-order chi connectivity index (χ0) is 14.5. The average Bonchev–Trinajstić information content (AvgIpc) is 2.85. The van der Waals surface area contributed by atoms with Gasteiger partial charge in [0.2, 0.25) is 0 Å². The summed E-state index contributed by atoms with van der Waals surface area (Å²) < 4.78 is 2.91. The molecule has 0 N–H and O–H groups in total. The normalized spacial score (nSPS) is 12.9. The van der Waals surface area contributed by atoms with Crippen LogP contribution in [0.15, 0.2) is 24.3 Å². The van der Waals surface area contributed by atoms with Crippen LogP contribution in [0.25, 0.3) is 19.5 Å². The van der Waals surface area contributed by atoms with Gasteiger partial charge < -0.3 is 0 Å². The van der Waals surface area contributed by atoms with Crippen LogP contribution in [-0.2, 0) is 11.8 Å². The Hall–Kier alpha value is -0.860. The molecule has 0 spiro atoms. The SMILES string of the molecule is CC(C)Cc1ccc2sc3sc(C(C)(C)C)cc3c2c1. The van der Waals surface area contributed by atoms with E-state index in [9.17, 15) is 0 Å². The first kappa shape index (κ1) is 14.1. The molecule has 1 aromatic carbocycles. The Morgan fingerprint density at radius 2 is 1.75 bits per heavy atom. The molecule has 2 aromatic heterocycles. The summed E-state index contributed by atoms with van der Waals surface area (Å²) in [6.45, 7) is 11.5. The number of hydrogen-bond donors (Lipinski definition) is 0. The topological polar surface area (TPSA) is 0 Å². The Bertz CT molecular complexity index is 751. The summed E-state index contributed by atoms with van der Waals surface area (Å²) in [5.41, 5.74) is 1.72. The van der Waals surface area contributed by atoms with Crippen molar-refractivity contribution in [1.29, 1.82) is 0 Å². The minimum Gasteiger partial charge on any atom is -0.129 e. The zero-order valence-electron chi connectivity index (χ0n) is 12.9. The molecular formula is C18H22S2. The maximum atomic E-state index is 2.41. The molecule has 0 aliphatic rings. The van der Waals surface area contributed by atoms with Gasteiger partial charge in [-0.25, -0.2) is 0 Å². The van der Waals surface area contributed by atoms with E-state index in [1.54, 1.807) is 0 Å². The molecule has 0 fully saturated rings. The second kappa shape index (κ2) is 4.85. The average molecular weight is 303 g/mol. The van der Waals surface area contributed by atoms with Crippen molar-refractivity contribution >= 4 is 42.2 Å². The van der Waals surface area contributed by atoms with Gasteiger partial charge in [-0.2, -0.15) is 0 Å². The first-order valence-corrected chi connectivity index (χ1v) is 8.93. The van der Waals surface area contributed by atoms with Crippen LogP contribution in [0.3, 0.4) is 0 Å². The molecule has 0 bridgehead atoms. The number of fused-ring (bicyclic) bond motifs is 3. The fourth-order valence-corrected chi connectivity index (χ4v) is 5.14. The van der Waals surface area contributed by atoms with Crippen LogP contribution in [0.1, 0.15) is 45.1 Å². The van der Waals surface area contributed by atoms with Gasteiger partial charge in [-0.1, -0.05) is 40.7 Å². The Morgan fingerprint density at radius 1 is 1.00 bits per heavy atom. The molecule has 106 valence electrons. The lowest BCUT2D eigenvalue weighted by molar-refractivity contribution is 0.604. The van der Waals surface area contributed by atoms with Crippen molar-refractivity contribution in [2.75, 3.05) is 0 Å². The highest BCUT2D eigenvalue weighted by Crippen LogP contribution is 2.43. The molecule has 0 saturated carbocycles. The summed E-state index contributed by atoms with van der Waals surface area (Å²) in [6.07, 6.45) is 1.17. The van der Waals surface area contributed by atoms with Gasteiger partial charge in [-0.05, 0) is 41.5 Å². The molecule has 0 amide bonds. The maximum absolute atomic E-state index is 2.41. The summed E-state index contributed by atoms with van der Waals surface area (Å²) in [5, 5.41) is 2.92. The largest absolute Gasteiger partial charge is 0.129 e. The zero-order valence-corrected chi connectivity index (χ0v) is 14.5. The van der Waals surface area contributed by atoms with E-state index in [-0.39, 0.29) is 5.41 Å². The number of rotatable bonds is 2. The van der Waals surface area contributed by atoms with E-state index in [0.29, 0.717) is 5.92 Å². The highest BCUT2D eigenvalue weighted by Gasteiger charge is 2.19. The maximum Gasteiger partial charge on any atom is 0.0880 e. The van der Waals surface area contributed by atoms with E-state index in [1.165, 1.54) is 36.3 Å². The Morgan fingerprint density at radius 3 is 2.40 bits per heavy atom. The van der Waals surface area contributed by atoms with Crippen LogP contribution in [0, 0.1) is 5.92 Å². The molecular weight excluding hydrogens is 280 g/mol. The summed E-state index contributed by atoms with van der Waals surface area (Å²) >= 11 is 3.91. The van der Waals surface area contributed by atoms with Crippen molar-refractivity contribution in [2.24, 2.45) is 5.92 Å². The lowest BCUT2D eigenvalue weighted by Crippen LogP contribution is -2.07. The summed E-state index contributed by atoms with van der Waals surface area (Å²) in [6, 6.07) is 9.43. The monoisotopic (exact) mass is 302 g/mol. The molecule has 0 atom stereocenters. The van der Waals surface area contributed by atoms with E-state index >= 15 is 0 Å². The quantitative estimate of drug-likeness (QED) is 0.499. The molecule has 0 aliphatic heterocycles. The van der Waals surface area contributed by atoms with Crippen molar-refractivity contribution in [3.63, 3.8) is 0 Å². The van der Waals surface area contributed by atoms with E-state index in [1.807, 2.05) is 22.7 Å². The second-order valence-corrected chi connectivity index (χ2v) is 9.46. The van der Waals surface area contributed by atoms with Crippen molar-refractivity contribution in [2.45, 2.75) is 46.5 Å². The number of thiophene rings is 2. The predicted octanol–water partition coefficient (Wildman–Crippen LogP) is 6.61. The Balaban J connectivity index is 2.16. The molecule has 20 heavy (non-hydrogen) atoms. The molecule has 0 radical (unpaired) electrons. The molecule has 2 heterocycles. The van der Waals surface area contributed by atoms with Gasteiger partial charge in [0.1, 0.15) is 0 Å². The van der Waals surface area contributed by atoms with E-state index in [0.717, 1.165) is 0 Å². The van der Waals surface area contributed by atoms with Crippen molar-refractivity contribution in [3.05, 3.63) is 34.7 Å². The highest BCUT2D eigenvalue weighted by atomic mass is 32.2. The summed E-state index contributed by atoms with van der Waals surface area (Å²) in [5.74, 6) is 0.717. The van der Waals surface area contributed by atoms with E-state index in [2.05, 4.69) is 58.9 Å². The van der Waals surface area contributed by atoms with Crippen LogP contribution in [-0.4, -0.2) is 0 Å². The van der Waals surface area contributed by atoms with Crippen molar-refractivity contribution in [3.8, 4) is 0 Å². The lowest BCUT2D eigenvalue weighted by atomic mass is 9.94.